The van der Waals surface area contributed by atoms with Crippen LogP contribution in [0.25, 0.3) is 0 Å². The maximum Gasteiger partial charge on any atom is 0.0122 e. The van der Waals surface area contributed by atoms with E-state index in [-0.39, 0.29) is 0 Å². The average molecular weight is 239 g/mol. The van der Waals surface area contributed by atoms with Gasteiger partial charge < -0.3 is 15.1 Å². The Morgan fingerprint density at radius 2 is 1.82 bits per heavy atom. The first-order chi connectivity index (χ1) is 8.20. The fourth-order valence-corrected chi connectivity index (χ4v) is 3.41. The van der Waals surface area contributed by atoms with Crippen molar-refractivity contribution in [1.29, 1.82) is 0 Å². The Kier molecular flexibility index (Phi) is 4.83. The molecule has 17 heavy (non-hydrogen) atoms. The van der Waals surface area contributed by atoms with Crippen molar-refractivity contribution in [3.05, 3.63) is 0 Å². The summed E-state index contributed by atoms with van der Waals surface area (Å²) in [5.74, 6) is 0.917. The highest BCUT2D eigenvalue weighted by atomic mass is 15.2. The van der Waals surface area contributed by atoms with E-state index < -0.39 is 0 Å². The van der Waals surface area contributed by atoms with E-state index in [9.17, 15) is 0 Å². The molecule has 0 aromatic heterocycles. The van der Waals surface area contributed by atoms with Gasteiger partial charge in [-0.2, -0.15) is 0 Å². The minimum absolute atomic E-state index is 0.767. The van der Waals surface area contributed by atoms with E-state index in [4.69, 9.17) is 0 Å². The number of piperidine rings is 2. The molecule has 2 atom stereocenters. The molecule has 2 fully saturated rings. The minimum atomic E-state index is 0.767. The van der Waals surface area contributed by atoms with Crippen LogP contribution in [0.5, 0.6) is 0 Å². The number of nitrogens with zero attached hydrogens (tertiary/aromatic N) is 2. The number of hydrogen-bond donors (Lipinski definition) is 1. The molecule has 0 aromatic carbocycles. The van der Waals surface area contributed by atoms with Gasteiger partial charge in [-0.25, -0.2) is 0 Å². The van der Waals surface area contributed by atoms with Crippen molar-refractivity contribution in [3.63, 3.8) is 0 Å². The third-order valence-electron chi connectivity index (χ3n) is 4.84. The second-order valence-electron chi connectivity index (χ2n) is 6.04. The van der Waals surface area contributed by atoms with Gasteiger partial charge in [0, 0.05) is 12.1 Å². The molecule has 2 aliphatic rings. The molecule has 0 bridgehead atoms. The summed E-state index contributed by atoms with van der Waals surface area (Å²) in [4.78, 5) is 5.26. The SMILES string of the molecule is CNCC1CCN(C2CCN(C)C(C)C2)CC1. The van der Waals surface area contributed by atoms with Gasteiger partial charge in [0.2, 0.25) is 0 Å². The topological polar surface area (TPSA) is 18.5 Å². The highest BCUT2D eigenvalue weighted by Crippen LogP contribution is 2.25. The summed E-state index contributed by atoms with van der Waals surface area (Å²) < 4.78 is 0. The first-order valence-electron chi connectivity index (χ1n) is 7.29. The second-order valence-corrected chi connectivity index (χ2v) is 6.04. The van der Waals surface area contributed by atoms with Crippen molar-refractivity contribution < 1.29 is 0 Å². The molecule has 2 heterocycles. The number of nitrogens with one attached hydrogen (secondary N) is 1. The fourth-order valence-electron chi connectivity index (χ4n) is 3.41. The zero-order valence-electron chi connectivity index (χ0n) is 11.8. The molecule has 0 aliphatic carbocycles. The zero-order chi connectivity index (χ0) is 12.3. The van der Waals surface area contributed by atoms with E-state index in [1.54, 1.807) is 0 Å². The fraction of sp³-hybridized carbons (Fsp3) is 1.00. The van der Waals surface area contributed by atoms with Gasteiger partial charge in [0.05, 0.1) is 0 Å². The predicted octanol–water partition coefficient (Wildman–Crippen LogP) is 1.40. The molecule has 2 unspecified atom stereocenters. The molecule has 2 aliphatic heterocycles. The Bertz CT molecular complexity index is 224. The molecule has 2 rings (SSSR count). The third-order valence-corrected chi connectivity index (χ3v) is 4.84. The van der Waals surface area contributed by atoms with Crippen LogP contribution in [0.1, 0.15) is 32.6 Å². The minimum Gasteiger partial charge on any atom is -0.319 e. The Balaban J connectivity index is 1.77. The van der Waals surface area contributed by atoms with E-state index in [0.717, 1.165) is 18.0 Å². The largest absolute Gasteiger partial charge is 0.319 e. The monoisotopic (exact) mass is 239 g/mol. The number of hydrogen-bond acceptors (Lipinski definition) is 3. The van der Waals surface area contributed by atoms with Crippen molar-refractivity contribution in [1.82, 2.24) is 15.1 Å². The van der Waals surface area contributed by atoms with Crippen molar-refractivity contribution in [2.24, 2.45) is 5.92 Å². The lowest BCUT2D eigenvalue weighted by atomic mass is 9.91. The quantitative estimate of drug-likeness (QED) is 0.803. The molecular weight excluding hydrogens is 210 g/mol. The standard InChI is InChI=1S/C14H29N3/c1-12-10-14(6-7-16(12)3)17-8-4-13(5-9-17)11-15-2/h12-15H,4-11H2,1-3H3. The average Bonchev–Trinajstić information content (AvgIpc) is 2.34. The van der Waals surface area contributed by atoms with Crippen LogP contribution >= 0.6 is 0 Å². The highest BCUT2D eigenvalue weighted by Gasteiger charge is 2.29. The van der Waals surface area contributed by atoms with Crippen LogP contribution in [0.2, 0.25) is 0 Å². The molecular formula is C14H29N3. The van der Waals surface area contributed by atoms with Crippen LogP contribution < -0.4 is 5.32 Å². The molecule has 3 nitrogen and oxygen atoms in total. The van der Waals surface area contributed by atoms with Gasteiger partial charge in [-0.05, 0) is 78.8 Å². The molecule has 0 amide bonds. The van der Waals surface area contributed by atoms with Crippen molar-refractivity contribution in [2.75, 3.05) is 40.3 Å². The summed E-state index contributed by atoms with van der Waals surface area (Å²) in [5, 5.41) is 3.32. The van der Waals surface area contributed by atoms with E-state index in [1.807, 2.05) is 0 Å². The Morgan fingerprint density at radius 3 is 2.41 bits per heavy atom. The van der Waals surface area contributed by atoms with Gasteiger partial charge in [0.15, 0.2) is 0 Å². The predicted molar refractivity (Wildman–Crippen MR) is 73.3 cm³/mol. The lowest BCUT2D eigenvalue weighted by Crippen LogP contribution is -2.50. The Labute approximate surface area is 107 Å². The van der Waals surface area contributed by atoms with Crippen LogP contribution in [0, 0.1) is 5.92 Å². The van der Waals surface area contributed by atoms with Crippen LogP contribution in [0.4, 0.5) is 0 Å². The van der Waals surface area contributed by atoms with Gasteiger partial charge >= 0.3 is 0 Å². The lowest BCUT2D eigenvalue weighted by molar-refractivity contribution is 0.0627. The molecule has 0 aromatic rings. The first kappa shape index (κ1) is 13.3. The van der Waals surface area contributed by atoms with E-state index in [1.165, 1.54) is 51.9 Å². The Hall–Kier alpha value is -0.120. The van der Waals surface area contributed by atoms with Crippen LogP contribution in [-0.4, -0.2) is 62.2 Å². The second kappa shape index (κ2) is 6.17. The maximum absolute atomic E-state index is 3.32. The van der Waals surface area contributed by atoms with Crippen molar-refractivity contribution >= 4 is 0 Å². The van der Waals surface area contributed by atoms with Crippen LogP contribution in [0.3, 0.4) is 0 Å². The van der Waals surface area contributed by atoms with Gasteiger partial charge in [0.25, 0.3) is 0 Å². The molecule has 2 saturated heterocycles. The highest BCUT2D eigenvalue weighted by molar-refractivity contribution is 4.86. The molecule has 100 valence electrons. The molecule has 0 spiro atoms. The third kappa shape index (κ3) is 3.43. The summed E-state index contributed by atoms with van der Waals surface area (Å²) in [7, 11) is 4.34. The number of rotatable bonds is 3. The first-order valence-corrected chi connectivity index (χ1v) is 7.29. The molecule has 0 saturated carbocycles. The molecule has 3 heteroatoms. The summed E-state index contributed by atoms with van der Waals surface area (Å²) in [6.45, 7) is 7.51. The van der Waals surface area contributed by atoms with Gasteiger partial charge in [0.1, 0.15) is 0 Å². The summed E-state index contributed by atoms with van der Waals surface area (Å²) in [5.41, 5.74) is 0. The molecule has 0 radical (unpaired) electrons. The smallest absolute Gasteiger partial charge is 0.0122 e. The van der Waals surface area contributed by atoms with Gasteiger partial charge in [-0.15, -0.1) is 0 Å². The summed E-state index contributed by atoms with van der Waals surface area (Å²) in [6.07, 6.45) is 5.52. The zero-order valence-corrected chi connectivity index (χ0v) is 11.8. The summed E-state index contributed by atoms with van der Waals surface area (Å²) in [6, 6.07) is 1.63. The van der Waals surface area contributed by atoms with Crippen molar-refractivity contribution in [2.45, 2.75) is 44.7 Å². The summed E-state index contributed by atoms with van der Waals surface area (Å²) >= 11 is 0. The van der Waals surface area contributed by atoms with Gasteiger partial charge in [-0.3, -0.25) is 0 Å². The van der Waals surface area contributed by atoms with Crippen molar-refractivity contribution in [3.8, 4) is 0 Å². The van der Waals surface area contributed by atoms with E-state index in [2.05, 4.69) is 36.1 Å². The van der Waals surface area contributed by atoms with Gasteiger partial charge in [-0.1, -0.05) is 0 Å². The van der Waals surface area contributed by atoms with Crippen LogP contribution in [0.15, 0.2) is 0 Å². The number of likely N-dealkylation sites (tertiary alicyclic amines) is 2. The maximum atomic E-state index is 3.32. The normalized spacial score (nSPS) is 34.1. The Morgan fingerprint density at radius 1 is 1.12 bits per heavy atom. The lowest BCUT2D eigenvalue weighted by Gasteiger charge is -2.43. The van der Waals surface area contributed by atoms with Crippen LogP contribution in [-0.2, 0) is 0 Å². The van der Waals surface area contributed by atoms with E-state index in [0.29, 0.717) is 0 Å². The van der Waals surface area contributed by atoms with E-state index >= 15 is 0 Å². The molecule has 1 N–H and O–H groups in total.